The summed E-state index contributed by atoms with van der Waals surface area (Å²) in [7, 11) is -3.96. The number of aliphatic hydroxyl groups excluding tert-OH is 1. The maximum atomic E-state index is 15.3. The van der Waals surface area contributed by atoms with E-state index in [2.05, 4.69) is 32.6 Å². The van der Waals surface area contributed by atoms with Gasteiger partial charge in [-0.05, 0) is 114 Å². The van der Waals surface area contributed by atoms with Crippen LogP contribution in [0.5, 0.6) is 0 Å². The lowest BCUT2D eigenvalue weighted by atomic mass is 9.61. The van der Waals surface area contributed by atoms with Crippen molar-refractivity contribution in [3.63, 3.8) is 0 Å². The van der Waals surface area contributed by atoms with Crippen LogP contribution >= 0.6 is 0 Å². The van der Waals surface area contributed by atoms with Crippen molar-refractivity contribution in [1.82, 2.24) is 0 Å². The number of allylic oxidation sites excluding steroid dienone is 5. The van der Waals surface area contributed by atoms with Crippen LogP contribution in [-0.2, 0) is 9.84 Å². The number of alkyl halides is 1. The highest BCUT2D eigenvalue weighted by molar-refractivity contribution is 7.94. The lowest BCUT2D eigenvalue weighted by Gasteiger charge is -2.44. The fourth-order valence-corrected chi connectivity index (χ4v) is 8.14. The Labute approximate surface area is 207 Å². The second-order valence-corrected chi connectivity index (χ2v) is 15.4. The fourth-order valence-electron chi connectivity index (χ4n) is 6.68. The molecule has 3 rings (SSSR count). The molecule has 34 heavy (non-hydrogen) atoms. The molecule has 5 heteroatoms. The topological polar surface area (TPSA) is 54.4 Å². The number of fused-ring (bicyclic) bond motifs is 1. The molecule has 0 saturated heterocycles. The number of aliphatic hydroxyl groups is 1. The van der Waals surface area contributed by atoms with Gasteiger partial charge in [0.15, 0.2) is 9.84 Å². The molecule has 0 aromatic rings. The molecule has 0 aromatic carbocycles. The van der Waals surface area contributed by atoms with Crippen LogP contribution in [0, 0.1) is 23.2 Å². The SMILES string of the molecule is C=C1CC[C@H](O)C/C1=C/C=C1\CCC[C@]2(C)C([C@H](C)/C=C/[C@](C)(F)S(=O)(=O)C(C)(C)C)CC[C@@H]12. The molecule has 3 aliphatic carbocycles. The number of halogens is 1. The molecule has 1 unspecified atom stereocenters. The van der Waals surface area contributed by atoms with Gasteiger partial charge in [0.05, 0.1) is 10.9 Å². The van der Waals surface area contributed by atoms with Gasteiger partial charge in [0, 0.05) is 0 Å². The number of rotatable bonds is 5. The summed E-state index contributed by atoms with van der Waals surface area (Å²) in [4.78, 5) is 0. The first-order valence-corrected chi connectivity index (χ1v) is 14.5. The van der Waals surface area contributed by atoms with E-state index in [0.29, 0.717) is 18.3 Å². The van der Waals surface area contributed by atoms with Gasteiger partial charge in [-0.1, -0.05) is 49.8 Å². The van der Waals surface area contributed by atoms with Crippen LogP contribution in [0.4, 0.5) is 4.39 Å². The molecular formula is C29H45FO3S. The van der Waals surface area contributed by atoms with E-state index >= 15 is 4.39 Å². The Morgan fingerprint density at radius 1 is 1.15 bits per heavy atom. The molecule has 0 heterocycles. The summed E-state index contributed by atoms with van der Waals surface area (Å²) in [6.45, 7) is 14.5. The van der Waals surface area contributed by atoms with Gasteiger partial charge in [-0.25, -0.2) is 12.8 Å². The predicted octanol–water partition coefficient (Wildman–Crippen LogP) is 7.25. The molecule has 1 N–H and O–H groups in total. The maximum absolute atomic E-state index is 15.3. The third-order valence-corrected chi connectivity index (χ3v) is 11.7. The van der Waals surface area contributed by atoms with Gasteiger partial charge < -0.3 is 5.11 Å². The standard InChI is InChI=1S/C29H45FO3S/c1-20-10-13-24(31)19-23(20)12-11-22-9-8-17-28(6)25(14-15-26(22)28)21(2)16-18-29(7,30)34(32,33)27(3,4)5/h11-12,16,18,21,24-26,31H,1,8-10,13-15,17,19H2,2-7H3/b18-16+,22-11+,23-12-/t21-,24+,25?,26+,28-,29-/m1/s1. The molecular weight excluding hydrogens is 447 g/mol. The smallest absolute Gasteiger partial charge is 0.226 e. The van der Waals surface area contributed by atoms with Crippen molar-refractivity contribution in [3.8, 4) is 0 Å². The van der Waals surface area contributed by atoms with E-state index in [1.165, 1.54) is 24.1 Å². The van der Waals surface area contributed by atoms with Gasteiger partial charge in [-0.2, -0.15) is 0 Å². The van der Waals surface area contributed by atoms with Crippen molar-refractivity contribution in [1.29, 1.82) is 0 Å². The van der Waals surface area contributed by atoms with Gasteiger partial charge in [0.25, 0.3) is 0 Å². The van der Waals surface area contributed by atoms with Crippen LogP contribution in [0.1, 0.15) is 92.9 Å². The molecule has 0 bridgehead atoms. The van der Waals surface area contributed by atoms with Gasteiger partial charge in [0.1, 0.15) is 0 Å². The molecule has 0 spiro atoms. The quantitative estimate of drug-likeness (QED) is 0.411. The Morgan fingerprint density at radius 3 is 2.47 bits per heavy atom. The highest BCUT2D eigenvalue weighted by Crippen LogP contribution is 2.59. The van der Waals surface area contributed by atoms with E-state index in [1.807, 2.05) is 6.08 Å². The fraction of sp³-hybridized carbons (Fsp3) is 0.724. The summed E-state index contributed by atoms with van der Waals surface area (Å²) in [6.07, 6.45) is 15.2. The molecule has 0 aliphatic heterocycles. The van der Waals surface area contributed by atoms with E-state index in [1.54, 1.807) is 20.8 Å². The predicted molar refractivity (Wildman–Crippen MR) is 140 cm³/mol. The van der Waals surface area contributed by atoms with Crippen LogP contribution in [0.15, 0.2) is 47.6 Å². The molecule has 0 aromatic heterocycles. The molecule has 3 nitrogen and oxygen atoms in total. The minimum atomic E-state index is -3.96. The Bertz CT molecular complexity index is 979. The van der Waals surface area contributed by atoms with E-state index < -0.39 is 19.6 Å². The summed E-state index contributed by atoms with van der Waals surface area (Å²) in [5.41, 5.74) is 3.93. The largest absolute Gasteiger partial charge is 0.393 e. The minimum Gasteiger partial charge on any atom is -0.393 e. The Balaban J connectivity index is 1.79. The van der Waals surface area contributed by atoms with Crippen molar-refractivity contribution in [2.75, 3.05) is 0 Å². The summed E-state index contributed by atoms with van der Waals surface area (Å²) in [6, 6.07) is 0. The zero-order chi connectivity index (χ0) is 25.5. The average Bonchev–Trinajstić information content (AvgIpc) is 3.09. The van der Waals surface area contributed by atoms with Gasteiger partial charge in [0.2, 0.25) is 5.00 Å². The number of sulfone groups is 1. The highest BCUT2D eigenvalue weighted by Gasteiger charge is 2.51. The minimum absolute atomic E-state index is 0.103. The van der Waals surface area contributed by atoms with E-state index in [-0.39, 0.29) is 17.4 Å². The second kappa shape index (κ2) is 9.69. The van der Waals surface area contributed by atoms with Gasteiger partial charge in [-0.15, -0.1) is 0 Å². The molecule has 3 aliphatic rings. The molecule has 0 radical (unpaired) electrons. The lowest BCUT2D eigenvalue weighted by Crippen LogP contribution is -2.42. The lowest BCUT2D eigenvalue weighted by molar-refractivity contribution is 0.112. The van der Waals surface area contributed by atoms with Crippen LogP contribution in [-0.4, -0.2) is 29.4 Å². The molecule has 192 valence electrons. The van der Waals surface area contributed by atoms with E-state index in [4.69, 9.17) is 0 Å². The second-order valence-electron chi connectivity index (χ2n) is 12.3. The summed E-state index contributed by atoms with van der Waals surface area (Å²) in [5.74, 6) is 0.992. The van der Waals surface area contributed by atoms with Crippen LogP contribution in [0.3, 0.4) is 0 Å². The zero-order valence-corrected chi connectivity index (χ0v) is 22.8. The first kappa shape index (κ1) is 27.4. The van der Waals surface area contributed by atoms with Gasteiger partial charge in [-0.3, -0.25) is 0 Å². The van der Waals surface area contributed by atoms with Crippen molar-refractivity contribution < 1.29 is 17.9 Å². The normalized spacial score (nSPS) is 36.1. The maximum Gasteiger partial charge on any atom is 0.226 e. The van der Waals surface area contributed by atoms with Crippen molar-refractivity contribution in [3.05, 3.63) is 47.6 Å². The molecule has 3 fully saturated rings. The molecule has 0 amide bonds. The Morgan fingerprint density at radius 2 is 1.82 bits per heavy atom. The molecule has 6 atom stereocenters. The first-order valence-electron chi connectivity index (χ1n) is 13.0. The molecule has 3 saturated carbocycles. The van der Waals surface area contributed by atoms with Crippen LogP contribution < -0.4 is 0 Å². The Hall–Kier alpha value is -1.20. The van der Waals surface area contributed by atoms with Crippen LogP contribution in [0.2, 0.25) is 0 Å². The van der Waals surface area contributed by atoms with Gasteiger partial charge >= 0.3 is 0 Å². The van der Waals surface area contributed by atoms with Crippen molar-refractivity contribution in [2.45, 2.75) is 109 Å². The van der Waals surface area contributed by atoms with E-state index in [9.17, 15) is 13.5 Å². The summed E-state index contributed by atoms with van der Waals surface area (Å²) >= 11 is 0. The zero-order valence-electron chi connectivity index (χ0n) is 22.0. The summed E-state index contributed by atoms with van der Waals surface area (Å²) in [5, 5.41) is 7.67. The van der Waals surface area contributed by atoms with Crippen molar-refractivity contribution in [2.24, 2.45) is 23.2 Å². The third kappa shape index (κ3) is 5.16. The van der Waals surface area contributed by atoms with E-state index in [0.717, 1.165) is 50.5 Å². The number of hydrogen-bond acceptors (Lipinski definition) is 3. The summed E-state index contributed by atoms with van der Waals surface area (Å²) < 4.78 is 39.6. The third-order valence-electron chi connectivity index (χ3n) is 8.89. The average molecular weight is 493 g/mol. The highest BCUT2D eigenvalue weighted by atomic mass is 32.2. The Kier molecular flexibility index (Phi) is 7.80. The van der Waals surface area contributed by atoms with Crippen LogP contribution in [0.25, 0.3) is 0 Å². The van der Waals surface area contributed by atoms with Crippen molar-refractivity contribution >= 4 is 9.84 Å². The monoisotopic (exact) mass is 492 g/mol. The number of hydrogen-bond donors (Lipinski definition) is 1. The first-order chi connectivity index (χ1) is 15.6.